The van der Waals surface area contributed by atoms with Crippen LogP contribution in [0.15, 0.2) is 42.4 Å². The largest absolute Gasteiger partial charge is 0.484 e. The van der Waals surface area contributed by atoms with Crippen LogP contribution in [0.2, 0.25) is 0 Å². The van der Waals surface area contributed by atoms with E-state index in [4.69, 9.17) is 14.2 Å². The number of aryl methyl sites for hydroxylation is 1. The first kappa shape index (κ1) is 21.0. The molecule has 2 aromatic heterocycles. The lowest BCUT2D eigenvalue weighted by molar-refractivity contribution is 0.133. The first-order chi connectivity index (χ1) is 14.1. The van der Waals surface area contributed by atoms with Crippen molar-refractivity contribution in [3.8, 4) is 11.6 Å². The quantitative estimate of drug-likeness (QED) is 0.561. The highest BCUT2D eigenvalue weighted by Crippen LogP contribution is 2.35. The lowest BCUT2D eigenvalue weighted by Gasteiger charge is -2.13. The van der Waals surface area contributed by atoms with Gasteiger partial charge in [0.25, 0.3) is 0 Å². The van der Waals surface area contributed by atoms with E-state index in [2.05, 4.69) is 17.0 Å². The summed E-state index contributed by atoms with van der Waals surface area (Å²) < 4.78 is 33.3. The minimum Gasteiger partial charge on any atom is -0.484 e. The summed E-state index contributed by atoms with van der Waals surface area (Å²) >= 11 is 0. The molecule has 1 aliphatic rings. The molecule has 1 aliphatic heterocycles. The highest BCUT2D eigenvalue weighted by atomic mass is 19.1. The van der Waals surface area contributed by atoms with Crippen molar-refractivity contribution in [2.24, 2.45) is 0 Å². The molecule has 2 aromatic rings. The monoisotopic (exact) mass is 401 g/mol. The summed E-state index contributed by atoms with van der Waals surface area (Å²) in [6.07, 6.45) is 7.17. The number of hydrogen-bond acceptors (Lipinski definition) is 5. The maximum atomic E-state index is 14.6. The van der Waals surface area contributed by atoms with Gasteiger partial charge >= 0.3 is 0 Å². The van der Waals surface area contributed by atoms with Crippen molar-refractivity contribution in [1.29, 1.82) is 0 Å². The molecule has 0 aliphatic carbocycles. The number of rotatable bonds is 9. The molecular weight excluding hydrogens is 373 g/mol. The van der Waals surface area contributed by atoms with Crippen molar-refractivity contribution in [3.05, 3.63) is 53.8 Å². The van der Waals surface area contributed by atoms with Gasteiger partial charge in [-0.2, -0.15) is 5.10 Å². The molecule has 0 bridgehead atoms. The SMILES string of the molecule is C/C=C(F)\C(=C/C(CCC)OC)c1cc2n(n1)CCC2Oc1ccnc(OC)c1. The molecule has 7 heteroatoms. The molecule has 0 N–H and O–H groups in total. The normalized spacial score (nSPS) is 17.9. The fraction of sp³-hybridized carbons (Fsp3) is 0.455. The van der Waals surface area contributed by atoms with Gasteiger partial charge in [-0.05, 0) is 31.6 Å². The predicted octanol–water partition coefficient (Wildman–Crippen LogP) is 4.88. The molecule has 6 nitrogen and oxygen atoms in total. The van der Waals surface area contributed by atoms with Crippen molar-refractivity contribution in [1.82, 2.24) is 14.8 Å². The molecule has 3 rings (SSSR count). The average molecular weight is 401 g/mol. The Morgan fingerprint density at radius 2 is 2.21 bits per heavy atom. The number of nitrogens with zero attached hydrogens (tertiary/aromatic N) is 3. The number of methoxy groups -OCH3 is 2. The van der Waals surface area contributed by atoms with Gasteiger partial charge in [0.15, 0.2) is 0 Å². The Morgan fingerprint density at radius 1 is 1.38 bits per heavy atom. The van der Waals surface area contributed by atoms with E-state index in [1.54, 1.807) is 39.5 Å². The third kappa shape index (κ3) is 4.85. The summed E-state index contributed by atoms with van der Waals surface area (Å²) in [7, 11) is 3.21. The van der Waals surface area contributed by atoms with Gasteiger partial charge in [-0.3, -0.25) is 4.68 Å². The summed E-state index contributed by atoms with van der Waals surface area (Å²) in [4.78, 5) is 4.10. The molecule has 0 aromatic carbocycles. The topological polar surface area (TPSA) is 58.4 Å². The van der Waals surface area contributed by atoms with Crippen LogP contribution in [0.5, 0.6) is 11.6 Å². The van der Waals surface area contributed by atoms with Gasteiger partial charge in [0.1, 0.15) is 17.7 Å². The molecule has 0 spiro atoms. The smallest absolute Gasteiger partial charge is 0.216 e. The highest BCUT2D eigenvalue weighted by Gasteiger charge is 2.28. The number of hydrogen-bond donors (Lipinski definition) is 0. The zero-order valence-corrected chi connectivity index (χ0v) is 17.4. The first-order valence-electron chi connectivity index (χ1n) is 9.91. The number of pyridine rings is 1. The van der Waals surface area contributed by atoms with Crippen LogP contribution in [0.3, 0.4) is 0 Å². The van der Waals surface area contributed by atoms with Crippen molar-refractivity contribution >= 4 is 5.57 Å². The Labute approximate surface area is 171 Å². The van der Waals surface area contributed by atoms with Crippen LogP contribution in [0.4, 0.5) is 4.39 Å². The molecule has 0 amide bonds. The van der Waals surface area contributed by atoms with Crippen LogP contribution in [-0.4, -0.2) is 35.1 Å². The Balaban J connectivity index is 1.87. The molecular formula is C22H28FN3O3. The lowest BCUT2D eigenvalue weighted by Crippen LogP contribution is -2.08. The maximum Gasteiger partial charge on any atom is 0.216 e. The number of ether oxygens (including phenoxy) is 3. The Morgan fingerprint density at radius 3 is 2.90 bits per heavy atom. The summed E-state index contributed by atoms with van der Waals surface area (Å²) in [5.74, 6) is 0.865. The van der Waals surface area contributed by atoms with Gasteiger partial charge in [0.2, 0.25) is 5.88 Å². The Kier molecular flexibility index (Phi) is 7.04. The van der Waals surface area contributed by atoms with Gasteiger partial charge in [0, 0.05) is 37.9 Å². The van der Waals surface area contributed by atoms with E-state index in [-0.39, 0.29) is 18.0 Å². The molecule has 29 heavy (non-hydrogen) atoms. The molecule has 2 unspecified atom stereocenters. The van der Waals surface area contributed by atoms with Gasteiger partial charge < -0.3 is 14.2 Å². The van der Waals surface area contributed by atoms with Crippen molar-refractivity contribution in [3.63, 3.8) is 0 Å². The first-order valence-corrected chi connectivity index (χ1v) is 9.91. The van der Waals surface area contributed by atoms with Crippen LogP contribution >= 0.6 is 0 Å². The van der Waals surface area contributed by atoms with E-state index in [0.717, 1.165) is 31.5 Å². The summed E-state index contributed by atoms with van der Waals surface area (Å²) in [6, 6.07) is 5.45. The fourth-order valence-electron chi connectivity index (χ4n) is 3.43. The third-order valence-electron chi connectivity index (χ3n) is 4.95. The highest BCUT2D eigenvalue weighted by molar-refractivity contribution is 5.75. The van der Waals surface area contributed by atoms with Gasteiger partial charge in [-0.25, -0.2) is 9.37 Å². The molecule has 0 fully saturated rings. The third-order valence-corrected chi connectivity index (χ3v) is 4.95. The number of aromatic nitrogens is 3. The van der Waals surface area contributed by atoms with E-state index in [9.17, 15) is 4.39 Å². The molecule has 0 saturated carbocycles. The summed E-state index contributed by atoms with van der Waals surface area (Å²) in [6.45, 7) is 4.47. The van der Waals surface area contributed by atoms with Crippen molar-refractivity contribution < 1.29 is 18.6 Å². The Bertz CT molecular complexity index is 891. The van der Waals surface area contributed by atoms with Crippen LogP contribution in [0.25, 0.3) is 5.57 Å². The second-order valence-corrected chi connectivity index (χ2v) is 6.89. The molecule has 0 saturated heterocycles. The van der Waals surface area contributed by atoms with E-state index in [0.29, 0.717) is 22.9 Å². The van der Waals surface area contributed by atoms with E-state index in [1.807, 2.05) is 16.8 Å². The molecule has 2 atom stereocenters. The standard InChI is InChI=1S/C22H28FN3O3/c1-5-7-15(27-3)12-17(18(23)6-2)19-14-20-21(9-11-26(20)25-19)29-16-8-10-24-22(13-16)28-4/h6,8,10,12-15,21H,5,7,9,11H2,1-4H3/b17-12+,18-6+. The van der Waals surface area contributed by atoms with Crippen molar-refractivity contribution in [2.45, 2.75) is 51.9 Å². The van der Waals surface area contributed by atoms with Gasteiger partial charge in [-0.1, -0.05) is 19.4 Å². The van der Waals surface area contributed by atoms with E-state index in [1.165, 1.54) is 6.08 Å². The molecule has 156 valence electrons. The van der Waals surface area contributed by atoms with E-state index >= 15 is 0 Å². The molecule has 0 radical (unpaired) electrons. The average Bonchev–Trinajstić information content (AvgIpc) is 3.32. The molecule has 3 heterocycles. The van der Waals surface area contributed by atoms with Crippen LogP contribution < -0.4 is 9.47 Å². The predicted molar refractivity (Wildman–Crippen MR) is 110 cm³/mol. The lowest BCUT2D eigenvalue weighted by atomic mass is 10.0. The van der Waals surface area contributed by atoms with Crippen LogP contribution in [0, 0.1) is 0 Å². The fourth-order valence-corrected chi connectivity index (χ4v) is 3.43. The second-order valence-electron chi connectivity index (χ2n) is 6.89. The van der Waals surface area contributed by atoms with Gasteiger partial charge in [-0.15, -0.1) is 0 Å². The zero-order valence-electron chi connectivity index (χ0n) is 17.4. The van der Waals surface area contributed by atoms with Crippen LogP contribution in [-0.2, 0) is 11.3 Å². The maximum absolute atomic E-state index is 14.6. The minimum atomic E-state index is -0.309. The van der Waals surface area contributed by atoms with Crippen LogP contribution in [0.1, 0.15) is 50.6 Å². The number of fused-ring (bicyclic) bond motifs is 1. The second kappa shape index (κ2) is 9.69. The Hall–Kier alpha value is -2.67. The zero-order chi connectivity index (χ0) is 20.8. The summed E-state index contributed by atoms with van der Waals surface area (Å²) in [5.41, 5.74) is 1.98. The number of halogens is 1. The summed E-state index contributed by atoms with van der Waals surface area (Å²) in [5, 5.41) is 4.63. The van der Waals surface area contributed by atoms with E-state index < -0.39 is 0 Å². The van der Waals surface area contributed by atoms with Gasteiger partial charge in [0.05, 0.1) is 24.6 Å². The van der Waals surface area contributed by atoms with Crippen molar-refractivity contribution in [2.75, 3.05) is 14.2 Å². The number of allylic oxidation sites excluding steroid dienone is 3. The minimum absolute atomic E-state index is 0.159.